The van der Waals surface area contributed by atoms with Gasteiger partial charge in [-0.25, -0.2) is 0 Å². The molecular weight excluding hydrogens is 342 g/mol. The van der Waals surface area contributed by atoms with Gasteiger partial charge in [0.25, 0.3) is 0 Å². The van der Waals surface area contributed by atoms with Crippen molar-refractivity contribution >= 4 is 11.8 Å². The molecule has 5 heteroatoms. The number of hydrogen-bond acceptors (Lipinski definition) is 4. The maximum absolute atomic E-state index is 5.48. The first-order valence-corrected chi connectivity index (χ1v) is 9.45. The minimum absolute atomic E-state index is 0.801. The zero-order valence-electron chi connectivity index (χ0n) is 14.7. The molecule has 2 heterocycles. The summed E-state index contributed by atoms with van der Waals surface area (Å²) in [6.45, 7) is 4.08. The number of thioether (sulfide) groups is 1. The number of benzene rings is 2. The second kappa shape index (κ2) is 7.22. The third-order valence-corrected chi connectivity index (χ3v) is 5.34. The lowest BCUT2D eigenvalue weighted by Crippen LogP contribution is -2.00. The molecule has 130 valence electrons. The summed E-state index contributed by atoms with van der Waals surface area (Å²) in [5.41, 5.74) is 4.60. The van der Waals surface area contributed by atoms with E-state index in [4.69, 9.17) is 4.42 Å². The molecule has 0 radical (unpaired) electrons. The van der Waals surface area contributed by atoms with Crippen molar-refractivity contribution in [2.24, 2.45) is 0 Å². The van der Waals surface area contributed by atoms with Gasteiger partial charge in [-0.15, -0.1) is 10.2 Å². The first-order valence-electron chi connectivity index (χ1n) is 8.46. The molecule has 0 atom stereocenters. The Morgan fingerprint density at radius 2 is 1.69 bits per heavy atom. The number of aromatic nitrogens is 3. The van der Waals surface area contributed by atoms with Gasteiger partial charge in [-0.1, -0.05) is 54.2 Å². The minimum atomic E-state index is 0.801. The Bertz CT molecular complexity index is 1020. The quantitative estimate of drug-likeness (QED) is 0.444. The Morgan fingerprint density at radius 1 is 0.923 bits per heavy atom. The monoisotopic (exact) mass is 361 g/mol. The number of nitrogens with zero attached hydrogens (tertiary/aromatic N) is 3. The summed E-state index contributed by atoms with van der Waals surface area (Å²) in [4.78, 5) is 0. The van der Waals surface area contributed by atoms with Crippen molar-refractivity contribution in [1.82, 2.24) is 14.8 Å². The minimum Gasteiger partial charge on any atom is -0.469 e. The van der Waals surface area contributed by atoms with Crippen molar-refractivity contribution in [2.75, 3.05) is 0 Å². The average molecular weight is 361 g/mol. The largest absolute Gasteiger partial charge is 0.469 e. The number of furan rings is 1. The molecule has 2 aromatic heterocycles. The van der Waals surface area contributed by atoms with Gasteiger partial charge in [0.1, 0.15) is 5.76 Å². The summed E-state index contributed by atoms with van der Waals surface area (Å²) < 4.78 is 7.57. The summed E-state index contributed by atoms with van der Waals surface area (Å²) in [7, 11) is 0. The first-order chi connectivity index (χ1) is 12.7. The molecule has 2 aromatic carbocycles. The zero-order valence-corrected chi connectivity index (χ0v) is 15.5. The molecule has 0 aliphatic heterocycles. The van der Waals surface area contributed by atoms with Crippen LogP contribution in [0.1, 0.15) is 16.9 Å². The van der Waals surface area contributed by atoms with Crippen molar-refractivity contribution in [3.05, 3.63) is 83.8 Å². The topological polar surface area (TPSA) is 43.9 Å². The Balaban J connectivity index is 1.74. The summed E-state index contributed by atoms with van der Waals surface area (Å²) in [5, 5.41) is 9.80. The lowest BCUT2D eigenvalue weighted by molar-refractivity contribution is 0.535. The fourth-order valence-corrected chi connectivity index (χ4v) is 3.91. The summed E-state index contributed by atoms with van der Waals surface area (Å²) >= 11 is 1.69. The fraction of sp³-hybridized carbons (Fsp3) is 0.143. The van der Waals surface area contributed by atoms with E-state index in [-0.39, 0.29) is 0 Å². The van der Waals surface area contributed by atoms with Crippen LogP contribution in [0.4, 0.5) is 0 Å². The second-order valence-corrected chi connectivity index (χ2v) is 7.03. The van der Waals surface area contributed by atoms with Crippen molar-refractivity contribution in [3.8, 4) is 17.1 Å². The number of para-hydroxylation sites is 1. The van der Waals surface area contributed by atoms with Crippen molar-refractivity contribution < 1.29 is 4.42 Å². The van der Waals surface area contributed by atoms with E-state index in [0.29, 0.717) is 0 Å². The predicted molar refractivity (Wildman–Crippen MR) is 105 cm³/mol. The summed E-state index contributed by atoms with van der Waals surface area (Å²) in [5.74, 6) is 2.49. The molecule has 0 amide bonds. The average Bonchev–Trinajstić information content (AvgIpc) is 3.27. The van der Waals surface area contributed by atoms with E-state index < -0.39 is 0 Å². The van der Waals surface area contributed by atoms with Gasteiger partial charge in [0.15, 0.2) is 11.0 Å². The highest BCUT2D eigenvalue weighted by Gasteiger charge is 2.19. The van der Waals surface area contributed by atoms with Gasteiger partial charge in [-0.05, 0) is 43.2 Å². The van der Waals surface area contributed by atoms with Crippen LogP contribution >= 0.6 is 11.8 Å². The highest BCUT2D eigenvalue weighted by atomic mass is 32.2. The van der Waals surface area contributed by atoms with Gasteiger partial charge in [-0.3, -0.25) is 4.57 Å². The molecular formula is C21H19N3OS. The van der Waals surface area contributed by atoms with Gasteiger partial charge in [0, 0.05) is 11.4 Å². The lowest BCUT2D eigenvalue weighted by atomic mass is 10.1. The highest BCUT2D eigenvalue weighted by molar-refractivity contribution is 7.98. The number of hydrogen-bond donors (Lipinski definition) is 0. The van der Waals surface area contributed by atoms with E-state index in [2.05, 4.69) is 58.1 Å². The molecule has 4 rings (SSSR count). The van der Waals surface area contributed by atoms with Crippen molar-refractivity contribution in [1.29, 1.82) is 0 Å². The van der Waals surface area contributed by atoms with Crippen molar-refractivity contribution in [3.63, 3.8) is 0 Å². The van der Waals surface area contributed by atoms with Gasteiger partial charge < -0.3 is 4.42 Å². The molecule has 0 N–H and O–H groups in total. The van der Waals surface area contributed by atoms with E-state index >= 15 is 0 Å². The molecule has 0 aliphatic rings. The lowest BCUT2D eigenvalue weighted by Gasteiger charge is -2.10. The Morgan fingerprint density at radius 3 is 2.42 bits per heavy atom. The van der Waals surface area contributed by atoms with Gasteiger partial charge >= 0.3 is 0 Å². The zero-order chi connectivity index (χ0) is 17.9. The van der Waals surface area contributed by atoms with Crippen LogP contribution in [0.15, 0.2) is 76.5 Å². The predicted octanol–water partition coefficient (Wildman–Crippen LogP) is 5.44. The molecule has 0 aliphatic carbocycles. The fourth-order valence-electron chi connectivity index (χ4n) is 2.88. The number of aryl methyl sites for hydroxylation is 2. The normalized spacial score (nSPS) is 11.0. The molecule has 0 saturated carbocycles. The van der Waals surface area contributed by atoms with Crippen LogP contribution in [-0.2, 0) is 5.75 Å². The molecule has 0 spiro atoms. The van der Waals surface area contributed by atoms with E-state index in [1.165, 1.54) is 11.1 Å². The number of rotatable bonds is 5. The molecule has 0 fully saturated rings. The maximum atomic E-state index is 5.48. The standard InChI is InChI=1S/C21H19N3OS/c1-15-8-6-7-9-17(15)14-26-21-23-22-20(19-12-13-25-16(19)2)24(21)18-10-4-3-5-11-18/h3-13H,14H2,1-2H3. The van der Waals surface area contributed by atoms with Crippen LogP contribution in [0.5, 0.6) is 0 Å². The maximum Gasteiger partial charge on any atom is 0.196 e. The van der Waals surface area contributed by atoms with Crippen LogP contribution in [0.25, 0.3) is 17.1 Å². The molecule has 0 saturated heterocycles. The van der Waals surface area contributed by atoms with Crippen LogP contribution in [0, 0.1) is 13.8 Å². The Kier molecular flexibility index (Phi) is 4.63. The Hall–Kier alpha value is -2.79. The second-order valence-electron chi connectivity index (χ2n) is 6.08. The molecule has 0 unspecified atom stereocenters. The smallest absolute Gasteiger partial charge is 0.196 e. The van der Waals surface area contributed by atoms with Gasteiger partial charge in [-0.2, -0.15) is 0 Å². The SMILES string of the molecule is Cc1ccccc1CSc1nnc(-c2ccoc2C)n1-c1ccccc1. The van der Waals surface area contributed by atoms with Crippen LogP contribution < -0.4 is 0 Å². The Labute approximate surface area is 156 Å². The molecule has 4 aromatic rings. The third kappa shape index (κ3) is 3.18. The van der Waals surface area contributed by atoms with Crippen LogP contribution in [-0.4, -0.2) is 14.8 Å². The molecule has 4 nitrogen and oxygen atoms in total. The summed E-state index contributed by atoms with van der Waals surface area (Å²) in [6, 6.07) is 20.6. The van der Waals surface area contributed by atoms with E-state index in [9.17, 15) is 0 Å². The molecule has 26 heavy (non-hydrogen) atoms. The van der Waals surface area contributed by atoms with Gasteiger partial charge in [0.2, 0.25) is 0 Å². The van der Waals surface area contributed by atoms with E-state index in [1.807, 2.05) is 31.2 Å². The van der Waals surface area contributed by atoms with E-state index in [1.54, 1.807) is 18.0 Å². The van der Waals surface area contributed by atoms with Gasteiger partial charge in [0.05, 0.1) is 11.8 Å². The first kappa shape index (κ1) is 16.7. The highest BCUT2D eigenvalue weighted by Crippen LogP contribution is 2.31. The summed E-state index contributed by atoms with van der Waals surface area (Å²) in [6.07, 6.45) is 1.69. The van der Waals surface area contributed by atoms with Crippen molar-refractivity contribution in [2.45, 2.75) is 24.8 Å². The van der Waals surface area contributed by atoms with E-state index in [0.717, 1.165) is 33.7 Å². The van der Waals surface area contributed by atoms with Crippen LogP contribution in [0.2, 0.25) is 0 Å². The molecule has 0 bridgehead atoms. The third-order valence-electron chi connectivity index (χ3n) is 4.37. The van der Waals surface area contributed by atoms with Crippen LogP contribution in [0.3, 0.4) is 0 Å².